The van der Waals surface area contributed by atoms with Crippen LogP contribution >= 0.6 is 0 Å². The lowest BCUT2D eigenvalue weighted by Crippen LogP contribution is -2.22. The Morgan fingerprint density at radius 1 is 1.24 bits per heavy atom. The number of pyridine rings is 1. The molecule has 0 aliphatic carbocycles. The molecule has 2 N–H and O–H groups in total. The van der Waals surface area contributed by atoms with E-state index in [1.165, 1.54) is 0 Å². The molecule has 1 aromatic carbocycles. The summed E-state index contributed by atoms with van der Waals surface area (Å²) in [5.41, 5.74) is 2.33. The average molecular weight is 280 g/mol. The number of nitrogens with one attached hydrogen (secondary N) is 1. The number of hydrogen-bond donors (Lipinski definition) is 2. The van der Waals surface area contributed by atoms with Crippen molar-refractivity contribution in [1.29, 1.82) is 0 Å². The normalized spacial score (nSPS) is 9.57. The van der Waals surface area contributed by atoms with Crippen LogP contribution in [-0.2, 0) is 6.54 Å². The van der Waals surface area contributed by atoms with Gasteiger partial charge in [-0.25, -0.2) is 0 Å². The molecule has 0 unspecified atom stereocenters. The predicted octanol–water partition coefficient (Wildman–Crippen LogP) is 1.75. The molecule has 2 rings (SSSR count). The molecule has 0 spiro atoms. The van der Waals surface area contributed by atoms with E-state index >= 15 is 0 Å². The number of nitrogens with zero attached hydrogens (tertiary/aromatic N) is 1. The number of rotatable bonds is 4. The summed E-state index contributed by atoms with van der Waals surface area (Å²) in [7, 11) is 0. The molecule has 0 aliphatic rings. The summed E-state index contributed by atoms with van der Waals surface area (Å²) in [4.78, 5) is 16.0. The third kappa shape index (κ3) is 4.75. The summed E-state index contributed by atoms with van der Waals surface area (Å²) in [5, 5.41) is 11.5. The van der Waals surface area contributed by atoms with E-state index < -0.39 is 0 Å². The lowest BCUT2D eigenvalue weighted by Gasteiger charge is -2.05. The lowest BCUT2D eigenvalue weighted by atomic mass is 10.1. The first-order chi connectivity index (χ1) is 10.3. The molecule has 0 aliphatic heterocycles. The molecule has 21 heavy (non-hydrogen) atoms. The minimum absolute atomic E-state index is 0.0408. The summed E-state index contributed by atoms with van der Waals surface area (Å²) in [5.74, 6) is 5.61. The fourth-order valence-corrected chi connectivity index (χ4v) is 1.74. The van der Waals surface area contributed by atoms with E-state index in [0.717, 1.165) is 11.1 Å². The van der Waals surface area contributed by atoms with Gasteiger partial charge in [0.15, 0.2) is 0 Å². The fourth-order valence-electron chi connectivity index (χ4n) is 1.74. The molecule has 0 bridgehead atoms. The molecule has 1 heterocycles. The van der Waals surface area contributed by atoms with Gasteiger partial charge in [0.2, 0.25) is 0 Å². The number of aromatic nitrogens is 1. The highest BCUT2D eigenvalue weighted by atomic mass is 16.2. The van der Waals surface area contributed by atoms with Gasteiger partial charge in [0, 0.05) is 36.5 Å². The van der Waals surface area contributed by atoms with Gasteiger partial charge in [-0.05, 0) is 35.9 Å². The van der Waals surface area contributed by atoms with Crippen LogP contribution in [0.3, 0.4) is 0 Å². The van der Waals surface area contributed by atoms with Crippen LogP contribution in [0.25, 0.3) is 0 Å². The zero-order valence-electron chi connectivity index (χ0n) is 11.5. The Balaban J connectivity index is 1.99. The van der Waals surface area contributed by atoms with Gasteiger partial charge in [-0.2, -0.15) is 0 Å². The van der Waals surface area contributed by atoms with Crippen LogP contribution in [0.4, 0.5) is 0 Å². The quantitative estimate of drug-likeness (QED) is 0.839. The number of hydrogen-bond acceptors (Lipinski definition) is 3. The highest BCUT2D eigenvalue weighted by Crippen LogP contribution is 2.05. The molecule has 106 valence electrons. The van der Waals surface area contributed by atoms with Gasteiger partial charge in [0.1, 0.15) is 0 Å². The maximum absolute atomic E-state index is 12.1. The van der Waals surface area contributed by atoms with Crippen molar-refractivity contribution in [3.63, 3.8) is 0 Å². The molecule has 0 fully saturated rings. The Morgan fingerprint density at radius 2 is 2.05 bits per heavy atom. The van der Waals surface area contributed by atoms with E-state index in [0.29, 0.717) is 18.5 Å². The van der Waals surface area contributed by atoms with Gasteiger partial charge >= 0.3 is 0 Å². The molecular formula is C17H16N2O2. The number of benzene rings is 1. The minimum atomic E-state index is -0.141. The third-order valence-corrected chi connectivity index (χ3v) is 2.80. The zero-order valence-corrected chi connectivity index (χ0v) is 11.5. The van der Waals surface area contributed by atoms with E-state index in [-0.39, 0.29) is 12.5 Å². The van der Waals surface area contributed by atoms with Crippen molar-refractivity contribution in [2.45, 2.75) is 13.0 Å². The van der Waals surface area contributed by atoms with Crippen molar-refractivity contribution in [1.82, 2.24) is 10.3 Å². The van der Waals surface area contributed by atoms with Crippen LogP contribution in [0, 0.1) is 11.8 Å². The van der Waals surface area contributed by atoms with Crippen LogP contribution in [0.5, 0.6) is 0 Å². The Labute approximate surface area is 123 Å². The van der Waals surface area contributed by atoms with E-state index in [1.54, 1.807) is 30.6 Å². The van der Waals surface area contributed by atoms with E-state index in [1.807, 2.05) is 18.2 Å². The molecule has 0 saturated carbocycles. The second kappa shape index (κ2) is 7.83. The second-order valence-corrected chi connectivity index (χ2v) is 4.39. The molecule has 1 amide bonds. The zero-order chi connectivity index (χ0) is 14.9. The van der Waals surface area contributed by atoms with Crippen molar-refractivity contribution in [2.75, 3.05) is 6.61 Å². The summed E-state index contributed by atoms with van der Waals surface area (Å²) < 4.78 is 0. The van der Waals surface area contributed by atoms with Gasteiger partial charge in [0.05, 0.1) is 6.61 Å². The number of aliphatic hydroxyl groups is 1. The SMILES string of the molecule is O=C(NCc1ccncc1)c1cccc(C#CCCO)c1. The molecule has 2 aromatic rings. The maximum Gasteiger partial charge on any atom is 0.251 e. The van der Waals surface area contributed by atoms with Crippen LogP contribution in [0.2, 0.25) is 0 Å². The monoisotopic (exact) mass is 280 g/mol. The molecule has 4 heteroatoms. The average Bonchev–Trinajstić information content (AvgIpc) is 2.54. The van der Waals surface area contributed by atoms with Crippen LogP contribution in [0.15, 0.2) is 48.8 Å². The standard InChI is InChI=1S/C17H16N2O2/c20-11-2-1-4-14-5-3-6-16(12-14)17(21)19-13-15-7-9-18-10-8-15/h3,5-10,12,20H,2,11,13H2,(H,19,21). The van der Waals surface area contributed by atoms with Gasteiger partial charge < -0.3 is 10.4 Å². The van der Waals surface area contributed by atoms with Crippen molar-refractivity contribution in [3.05, 3.63) is 65.5 Å². The van der Waals surface area contributed by atoms with E-state index in [2.05, 4.69) is 22.1 Å². The molecule has 1 aromatic heterocycles. The highest BCUT2D eigenvalue weighted by Gasteiger charge is 2.05. The minimum Gasteiger partial charge on any atom is -0.395 e. The maximum atomic E-state index is 12.1. The Bertz CT molecular complexity index is 657. The molecular weight excluding hydrogens is 264 g/mol. The summed E-state index contributed by atoms with van der Waals surface area (Å²) in [6.07, 6.45) is 3.82. The smallest absolute Gasteiger partial charge is 0.251 e. The Kier molecular flexibility index (Phi) is 5.50. The van der Waals surface area contributed by atoms with E-state index in [9.17, 15) is 4.79 Å². The number of aliphatic hydroxyl groups excluding tert-OH is 1. The van der Waals surface area contributed by atoms with Crippen LogP contribution in [-0.4, -0.2) is 22.6 Å². The Morgan fingerprint density at radius 3 is 2.81 bits per heavy atom. The number of amides is 1. The summed E-state index contributed by atoms with van der Waals surface area (Å²) in [6.45, 7) is 0.501. The largest absolute Gasteiger partial charge is 0.395 e. The van der Waals surface area contributed by atoms with Crippen molar-refractivity contribution in [3.8, 4) is 11.8 Å². The number of carbonyl (C=O) groups excluding carboxylic acids is 1. The van der Waals surface area contributed by atoms with Gasteiger partial charge in [-0.1, -0.05) is 17.9 Å². The van der Waals surface area contributed by atoms with Gasteiger partial charge in [-0.15, -0.1) is 0 Å². The third-order valence-electron chi connectivity index (χ3n) is 2.80. The van der Waals surface area contributed by atoms with Crippen LogP contribution < -0.4 is 5.32 Å². The Hall–Kier alpha value is -2.64. The first-order valence-electron chi connectivity index (χ1n) is 6.66. The van der Waals surface area contributed by atoms with Gasteiger partial charge in [0.25, 0.3) is 5.91 Å². The molecule has 4 nitrogen and oxygen atoms in total. The topological polar surface area (TPSA) is 62.2 Å². The van der Waals surface area contributed by atoms with Crippen molar-refractivity contribution in [2.24, 2.45) is 0 Å². The van der Waals surface area contributed by atoms with Crippen molar-refractivity contribution >= 4 is 5.91 Å². The van der Waals surface area contributed by atoms with Crippen molar-refractivity contribution < 1.29 is 9.90 Å². The summed E-state index contributed by atoms with van der Waals surface area (Å²) in [6, 6.07) is 10.8. The molecule has 0 radical (unpaired) electrons. The van der Waals surface area contributed by atoms with Gasteiger partial charge in [-0.3, -0.25) is 9.78 Å². The second-order valence-electron chi connectivity index (χ2n) is 4.39. The summed E-state index contributed by atoms with van der Waals surface area (Å²) >= 11 is 0. The molecule has 0 saturated heterocycles. The lowest BCUT2D eigenvalue weighted by molar-refractivity contribution is 0.0951. The predicted molar refractivity (Wildman–Crippen MR) is 80.4 cm³/mol. The first kappa shape index (κ1) is 14.8. The molecule has 0 atom stereocenters. The highest BCUT2D eigenvalue weighted by molar-refractivity contribution is 5.94. The number of carbonyl (C=O) groups is 1. The fraction of sp³-hybridized carbons (Fsp3) is 0.176. The van der Waals surface area contributed by atoms with Crippen LogP contribution in [0.1, 0.15) is 27.9 Å². The van der Waals surface area contributed by atoms with E-state index in [4.69, 9.17) is 5.11 Å². The first-order valence-corrected chi connectivity index (χ1v) is 6.66.